The zero-order valence-electron chi connectivity index (χ0n) is 10.3. The molecule has 0 spiro atoms. The van der Waals surface area contributed by atoms with E-state index >= 15 is 0 Å². The summed E-state index contributed by atoms with van der Waals surface area (Å²) in [6.07, 6.45) is 4.82. The average Bonchev–Trinajstić information content (AvgIpc) is 2.92. The Balaban J connectivity index is 1.73. The standard InChI is InChI=1S/C12H23N3O/c1-9(12(16)14-10-5-6-10)15(2)8-11-4-3-7-13-11/h9-11,13H,3-8H2,1-2H3,(H,14,16). The van der Waals surface area contributed by atoms with Crippen LogP contribution in [-0.4, -0.2) is 49.1 Å². The zero-order chi connectivity index (χ0) is 11.5. The molecule has 0 bridgehead atoms. The Labute approximate surface area is 97.8 Å². The minimum Gasteiger partial charge on any atom is -0.352 e. The highest BCUT2D eigenvalue weighted by atomic mass is 16.2. The lowest BCUT2D eigenvalue weighted by molar-refractivity contribution is -0.125. The van der Waals surface area contributed by atoms with Crippen molar-refractivity contribution in [3.8, 4) is 0 Å². The lowest BCUT2D eigenvalue weighted by Crippen LogP contribution is -2.47. The van der Waals surface area contributed by atoms with Gasteiger partial charge in [-0.25, -0.2) is 0 Å². The normalized spacial score (nSPS) is 27.1. The molecule has 2 rings (SSSR count). The van der Waals surface area contributed by atoms with Gasteiger partial charge in [0, 0.05) is 18.6 Å². The summed E-state index contributed by atoms with van der Waals surface area (Å²) in [5.74, 6) is 0.183. The molecule has 0 aromatic rings. The van der Waals surface area contributed by atoms with Gasteiger partial charge in [-0.15, -0.1) is 0 Å². The molecule has 1 heterocycles. The van der Waals surface area contributed by atoms with Crippen molar-refractivity contribution >= 4 is 5.91 Å². The molecule has 4 nitrogen and oxygen atoms in total. The van der Waals surface area contributed by atoms with Gasteiger partial charge >= 0.3 is 0 Å². The molecule has 1 aliphatic heterocycles. The molecular weight excluding hydrogens is 202 g/mol. The second-order valence-electron chi connectivity index (χ2n) is 5.19. The van der Waals surface area contributed by atoms with E-state index < -0.39 is 0 Å². The van der Waals surface area contributed by atoms with Crippen LogP contribution in [0.4, 0.5) is 0 Å². The number of amides is 1. The summed E-state index contributed by atoms with van der Waals surface area (Å²) in [6.45, 7) is 4.09. The SMILES string of the molecule is CC(C(=O)NC1CC1)N(C)CC1CCCN1. The number of carbonyl (C=O) groups excluding carboxylic acids is 1. The topological polar surface area (TPSA) is 44.4 Å². The van der Waals surface area contributed by atoms with Crippen molar-refractivity contribution in [3.05, 3.63) is 0 Å². The molecule has 1 aliphatic carbocycles. The van der Waals surface area contributed by atoms with Crippen LogP contribution in [0.1, 0.15) is 32.6 Å². The van der Waals surface area contributed by atoms with Crippen LogP contribution in [0.25, 0.3) is 0 Å². The highest BCUT2D eigenvalue weighted by Crippen LogP contribution is 2.19. The first-order valence-electron chi connectivity index (χ1n) is 6.41. The van der Waals surface area contributed by atoms with Gasteiger partial charge in [-0.05, 0) is 46.2 Å². The summed E-state index contributed by atoms with van der Waals surface area (Å²) in [6, 6.07) is 1.03. The van der Waals surface area contributed by atoms with E-state index in [1.807, 2.05) is 14.0 Å². The van der Waals surface area contributed by atoms with Gasteiger partial charge in [0.2, 0.25) is 5.91 Å². The molecule has 2 unspecified atom stereocenters. The Bertz CT molecular complexity index is 247. The van der Waals surface area contributed by atoms with E-state index in [0.717, 1.165) is 25.9 Å². The number of nitrogens with zero attached hydrogens (tertiary/aromatic N) is 1. The summed E-state index contributed by atoms with van der Waals surface area (Å²) in [5.41, 5.74) is 0. The smallest absolute Gasteiger partial charge is 0.237 e. The molecule has 4 heteroatoms. The van der Waals surface area contributed by atoms with Crippen molar-refractivity contribution < 1.29 is 4.79 Å². The Hall–Kier alpha value is -0.610. The van der Waals surface area contributed by atoms with Crippen LogP contribution in [0.15, 0.2) is 0 Å². The Morgan fingerprint density at radius 3 is 2.81 bits per heavy atom. The maximum absolute atomic E-state index is 11.8. The van der Waals surface area contributed by atoms with Gasteiger partial charge in [-0.3, -0.25) is 9.69 Å². The number of hydrogen-bond acceptors (Lipinski definition) is 3. The molecule has 1 amide bonds. The number of carbonyl (C=O) groups is 1. The molecule has 92 valence electrons. The van der Waals surface area contributed by atoms with E-state index in [0.29, 0.717) is 12.1 Å². The predicted octanol–water partition coefficient (Wildman–Crippen LogP) is 0.337. The fourth-order valence-corrected chi connectivity index (χ4v) is 2.17. The van der Waals surface area contributed by atoms with E-state index in [-0.39, 0.29) is 11.9 Å². The third-order valence-corrected chi connectivity index (χ3v) is 3.64. The van der Waals surface area contributed by atoms with Crippen LogP contribution in [0.3, 0.4) is 0 Å². The first kappa shape index (κ1) is 11.9. The van der Waals surface area contributed by atoms with Gasteiger partial charge in [-0.2, -0.15) is 0 Å². The van der Waals surface area contributed by atoms with Crippen LogP contribution >= 0.6 is 0 Å². The van der Waals surface area contributed by atoms with E-state index in [4.69, 9.17) is 0 Å². The molecule has 1 saturated carbocycles. The predicted molar refractivity (Wildman–Crippen MR) is 64.3 cm³/mol. The molecule has 2 atom stereocenters. The van der Waals surface area contributed by atoms with E-state index in [1.54, 1.807) is 0 Å². The maximum atomic E-state index is 11.8. The summed E-state index contributed by atoms with van der Waals surface area (Å²) < 4.78 is 0. The fraction of sp³-hybridized carbons (Fsp3) is 0.917. The van der Waals surface area contributed by atoms with Gasteiger partial charge in [0.1, 0.15) is 0 Å². The Morgan fingerprint density at radius 2 is 2.25 bits per heavy atom. The van der Waals surface area contributed by atoms with Gasteiger partial charge in [-0.1, -0.05) is 0 Å². The quantitative estimate of drug-likeness (QED) is 0.709. The van der Waals surface area contributed by atoms with Crippen molar-refractivity contribution in [2.45, 2.75) is 50.7 Å². The lowest BCUT2D eigenvalue weighted by Gasteiger charge is -2.26. The van der Waals surface area contributed by atoms with Crippen LogP contribution in [0.5, 0.6) is 0 Å². The van der Waals surface area contributed by atoms with Gasteiger partial charge in [0.05, 0.1) is 6.04 Å². The average molecular weight is 225 g/mol. The zero-order valence-corrected chi connectivity index (χ0v) is 10.3. The van der Waals surface area contributed by atoms with Crippen molar-refractivity contribution in [2.24, 2.45) is 0 Å². The van der Waals surface area contributed by atoms with E-state index in [9.17, 15) is 4.79 Å². The van der Waals surface area contributed by atoms with E-state index in [1.165, 1.54) is 12.8 Å². The van der Waals surface area contributed by atoms with Crippen molar-refractivity contribution in [2.75, 3.05) is 20.1 Å². The van der Waals surface area contributed by atoms with Crippen molar-refractivity contribution in [1.82, 2.24) is 15.5 Å². The highest BCUT2D eigenvalue weighted by Gasteiger charge is 2.28. The minimum atomic E-state index is -0.0111. The van der Waals surface area contributed by atoms with Crippen LogP contribution in [-0.2, 0) is 4.79 Å². The molecule has 2 fully saturated rings. The summed E-state index contributed by atoms with van der Waals surface area (Å²) in [4.78, 5) is 14.0. The first-order valence-corrected chi connectivity index (χ1v) is 6.41. The fourth-order valence-electron chi connectivity index (χ4n) is 2.17. The van der Waals surface area contributed by atoms with Gasteiger partial charge in [0.25, 0.3) is 0 Å². The number of nitrogens with one attached hydrogen (secondary N) is 2. The molecular formula is C12H23N3O. The van der Waals surface area contributed by atoms with Crippen LogP contribution < -0.4 is 10.6 Å². The van der Waals surface area contributed by atoms with Crippen LogP contribution in [0, 0.1) is 0 Å². The maximum Gasteiger partial charge on any atom is 0.237 e. The van der Waals surface area contributed by atoms with E-state index in [2.05, 4.69) is 15.5 Å². The number of rotatable bonds is 5. The van der Waals surface area contributed by atoms with Crippen LogP contribution in [0.2, 0.25) is 0 Å². The molecule has 0 aromatic carbocycles. The summed E-state index contributed by atoms with van der Waals surface area (Å²) >= 11 is 0. The summed E-state index contributed by atoms with van der Waals surface area (Å²) in [7, 11) is 2.04. The lowest BCUT2D eigenvalue weighted by atomic mass is 10.2. The Morgan fingerprint density at radius 1 is 1.50 bits per heavy atom. The molecule has 1 saturated heterocycles. The number of likely N-dealkylation sites (N-methyl/N-ethyl adjacent to an activating group) is 1. The molecule has 2 aliphatic rings. The van der Waals surface area contributed by atoms with Gasteiger partial charge in [0.15, 0.2) is 0 Å². The third kappa shape index (κ3) is 3.19. The Kier molecular flexibility index (Phi) is 3.82. The van der Waals surface area contributed by atoms with Crippen molar-refractivity contribution in [1.29, 1.82) is 0 Å². The van der Waals surface area contributed by atoms with Gasteiger partial charge < -0.3 is 10.6 Å². The molecule has 0 radical (unpaired) electrons. The van der Waals surface area contributed by atoms with Crippen molar-refractivity contribution in [3.63, 3.8) is 0 Å². The minimum absolute atomic E-state index is 0.0111. The third-order valence-electron chi connectivity index (χ3n) is 3.64. The largest absolute Gasteiger partial charge is 0.352 e. The summed E-state index contributed by atoms with van der Waals surface area (Å²) in [5, 5.41) is 6.52. The second kappa shape index (κ2) is 5.15. The first-order chi connectivity index (χ1) is 7.66. The molecule has 2 N–H and O–H groups in total. The molecule has 16 heavy (non-hydrogen) atoms. The monoisotopic (exact) mass is 225 g/mol. The highest BCUT2D eigenvalue weighted by molar-refractivity contribution is 5.81. The number of hydrogen-bond donors (Lipinski definition) is 2. The second-order valence-corrected chi connectivity index (χ2v) is 5.19. The molecule has 0 aromatic heterocycles.